The predicted molar refractivity (Wildman–Crippen MR) is 265 cm³/mol. The van der Waals surface area contributed by atoms with Crippen LogP contribution in [0.2, 0.25) is 15.5 Å². The van der Waals surface area contributed by atoms with Crippen molar-refractivity contribution in [3.63, 3.8) is 0 Å². The Balaban J connectivity index is 0.000000161. The lowest BCUT2D eigenvalue weighted by atomic mass is 10.0. The van der Waals surface area contributed by atoms with Gasteiger partial charge in [-0.05, 0) is 130 Å². The van der Waals surface area contributed by atoms with Gasteiger partial charge in [0.1, 0.15) is 15.5 Å². The molecule has 0 bridgehead atoms. The maximum atomic E-state index is 13.4. The van der Waals surface area contributed by atoms with Crippen LogP contribution in [0.1, 0.15) is 78.6 Å². The smallest absolute Gasteiger partial charge is 0.243 e. The third kappa shape index (κ3) is 11.5. The average molecular weight is 1190 g/mol. The van der Waals surface area contributed by atoms with Crippen LogP contribution < -0.4 is 4.72 Å². The minimum Gasteiger partial charge on any atom is -0.243 e. The number of halogens is 7. The summed E-state index contributed by atoms with van der Waals surface area (Å²) in [4.78, 5) is 12.6. The first-order chi connectivity index (χ1) is 29.5. The number of rotatable bonds is 9. The Labute approximate surface area is 412 Å². The lowest BCUT2D eigenvalue weighted by Crippen LogP contribution is -2.48. The summed E-state index contributed by atoms with van der Waals surface area (Å²) in [5.74, 6) is 0. The largest absolute Gasteiger partial charge is 0.261 e. The molecule has 2 aliphatic carbocycles. The lowest BCUT2D eigenvalue weighted by molar-refractivity contribution is 0.211. The van der Waals surface area contributed by atoms with Gasteiger partial charge in [-0.3, -0.25) is 0 Å². The molecule has 3 aromatic heterocycles. The Kier molecular flexibility index (Phi) is 16.3. The van der Waals surface area contributed by atoms with Crippen molar-refractivity contribution in [3.8, 4) is 0 Å². The van der Waals surface area contributed by atoms with Crippen molar-refractivity contribution in [2.45, 2.75) is 104 Å². The van der Waals surface area contributed by atoms with E-state index >= 15 is 0 Å². The van der Waals surface area contributed by atoms with E-state index in [-0.39, 0.29) is 30.9 Å². The molecular weight excluding hydrogens is 1150 g/mol. The van der Waals surface area contributed by atoms with E-state index in [1.54, 1.807) is 65.4 Å². The normalized spacial score (nSPS) is 16.2. The first-order valence-corrected chi connectivity index (χ1v) is 28.5. The molecule has 0 spiro atoms. The van der Waals surface area contributed by atoms with Gasteiger partial charge < -0.3 is 0 Å². The Morgan fingerprint density at radius 2 is 0.984 bits per heavy atom. The molecule has 6 aromatic rings. The van der Waals surface area contributed by atoms with Gasteiger partial charge >= 0.3 is 0 Å². The second-order valence-corrected chi connectivity index (χ2v) is 25.7. The van der Waals surface area contributed by atoms with Gasteiger partial charge in [0.15, 0.2) is 0 Å². The van der Waals surface area contributed by atoms with Gasteiger partial charge in [0.2, 0.25) is 20.0 Å². The highest BCUT2D eigenvalue weighted by Gasteiger charge is 2.42. The summed E-state index contributed by atoms with van der Waals surface area (Å²) in [5, 5.41) is 5.12. The molecule has 11 nitrogen and oxygen atoms in total. The van der Waals surface area contributed by atoms with Crippen molar-refractivity contribution in [3.05, 3.63) is 102 Å². The molecule has 0 atom stereocenters. The summed E-state index contributed by atoms with van der Waals surface area (Å²) < 4.78 is 81.3. The van der Waals surface area contributed by atoms with Crippen LogP contribution in [0.5, 0.6) is 0 Å². The molecule has 0 amide bonds. The van der Waals surface area contributed by atoms with Crippen LogP contribution in [-0.4, -0.2) is 62.1 Å². The van der Waals surface area contributed by atoms with E-state index in [0.29, 0.717) is 33.0 Å². The second-order valence-electron chi connectivity index (χ2n) is 15.9. The summed E-state index contributed by atoms with van der Waals surface area (Å²) in [6, 6.07) is 14.5. The van der Waals surface area contributed by atoms with E-state index in [2.05, 4.69) is 74.4 Å². The van der Waals surface area contributed by atoms with E-state index in [4.69, 9.17) is 45.5 Å². The molecule has 1 N–H and O–H groups in total. The molecule has 21 heteroatoms. The molecule has 0 radical (unpaired) electrons. The molecule has 0 saturated heterocycles. The van der Waals surface area contributed by atoms with E-state index in [1.165, 1.54) is 12.1 Å². The SMILES string of the molecule is CC1(NS(=O)(=O)c2ccc3c(Br)cnc(Cl)c3c2)CCCC1.CCCN(C1(C)CCCC1)S(=O)(=O)c1ccc2c(Br)cnc(Cl)c2c1.O=S(=O)(Cl)c1ccc2c(Br)cnc(Cl)c2c1. The Morgan fingerprint density at radius 3 is 1.41 bits per heavy atom. The molecule has 2 aliphatic rings. The van der Waals surface area contributed by atoms with Gasteiger partial charge in [0.25, 0.3) is 9.05 Å². The van der Waals surface area contributed by atoms with Crippen LogP contribution in [0.3, 0.4) is 0 Å². The number of sulfonamides is 2. The monoisotopic (exact) mass is 1180 g/mol. The zero-order valence-corrected chi connectivity index (χ0v) is 44.3. The minimum absolute atomic E-state index is 0.00321. The van der Waals surface area contributed by atoms with E-state index in [9.17, 15) is 25.3 Å². The number of pyridine rings is 3. The second kappa shape index (κ2) is 20.2. The number of aromatic nitrogens is 3. The van der Waals surface area contributed by atoms with Crippen LogP contribution in [-0.2, 0) is 29.1 Å². The van der Waals surface area contributed by atoms with Gasteiger partial charge in [0, 0.05) is 92.6 Å². The fourth-order valence-electron chi connectivity index (χ4n) is 7.98. The number of nitrogens with zero attached hydrogens (tertiary/aromatic N) is 4. The van der Waals surface area contributed by atoms with Gasteiger partial charge in [-0.1, -0.05) is 85.6 Å². The number of fused-ring (bicyclic) bond motifs is 3. The van der Waals surface area contributed by atoms with Crippen molar-refractivity contribution < 1.29 is 25.3 Å². The molecule has 0 aliphatic heterocycles. The van der Waals surface area contributed by atoms with Gasteiger partial charge in [0.05, 0.1) is 14.7 Å². The van der Waals surface area contributed by atoms with Crippen LogP contribution >= 0.6 is 93.3 Å². The van der Waals surface area contributed by atoms with Crippen LogP contribution in [0.4, 0.5) is 0 Å². The highest BCUT2D eigenvalue weighted by Crippen LogP contribution is 2.40. The van der Waals surface area contributed by atoms with Gasteiger partial charge in [-0.2, -0.15) is 4.31 Å². The molecule has 3 heterocycles. The van der Waals surface area contributed by atoms with Gasteiger partial charge in [-0.25, -0.2) is 44.9 Å². The molecule has 0 unspecified atom stereocenters. The molecule has 2 fully saturated rings. The number of hydrogen-bond donors (Lipinski definition) is 1. The Hall–Kier alpha value is -1.74. The molecule has 338 valence electrons. The van der Waals surface area contributed by atoms with Crippen LogP contribution in [0.25, 0.3) is 32.3 Å². The summed E-state index contributed by atoms with van der Waals surface area (Å²) in [6.45, 7) is 6.57. The van der Waals surface area contributed by atoms with Crippen molar-refractivity contribution in [1.29, 1.82) is 0 Å². The van der Waals surface area contributed by atoms with Crippen LogP contribution in [0.15, 0.2) is 101 Å². The maximum absolute atomic E-state index is 13.4. The minimum atomic E-state index is -3.75. The van der Waals surface area contributed by atoms with Crippen LogP contribution in [0, 0.1) is 0 Å². The van der Waals surface area contributed by atoms with Crippen molar-refractivity contribution in [2.24, 2.45) is 0 Å². The lowest BCUT2D eigenvalue weighted by Gasteiger charge is -2.37. The number of nitrogens with one attached hydrogen (secondary N) is 1. The zero-order valence-electron chi connectivity index (χ0n) is 34.1. The first kappa shape index (κ1) is 50.7. The first-order valence-electron chi connectivity index (χ1n) is 19.7. The van der Waals surface area contributed by atoms with Crippen molar-refractivity contribution >= 4 is 155 Å². The van der Waals surface area contributed by atoms with Crippen molar-refractivity contribution in [1.82, 2.24) is 24.0 Å². The summed E-state index contributed by atoms with van der Waals surface area (Å²) in [5.41, 5.74) is -0.657. The van der Waals surface area contributed by atoms with E-state index in [1.807, 2.05) is 13.8 Å². The standard InChI is InChI=1S/C18H22BrClN2O2S.C15H16BrClN2O2S.C9H4BrCl2NO2S/c1-3-10-22(18(2)8-4-5-9-18)25(23,24)13-6-7-14-15(11-13)17(20)21-12-16(14)19;1-15(6-2-3-7-15)19-22(20,21)10-4-5-11-12(8-10)14(17)18-9-13(11)16;10-8-4-13-9(11)7-3-5(16(12,14)15)1-2-6(7)8/h6-7,11-12H,3-5,8-10H2,1-2H3;4-5,8-9,19H,2-3,6-7H2,1H3;1-4H. The highest BCUT2D eigenvalue weighted by molar-refractivity contribution is 9.11. The van der Waals surface area contributed by atoms with Gasteiger partial charge in [-0.15, -0.1) is 0 Å². The maximum Gasteiger partial charge on any atom is 0.261 e. The van der Waals surface area contributed by atoms with E-state index < -0.39 is 29.1 Å². The topological polar surface area (TPSA) is 156 Å². The average Bonchev–Trinajstić information content (AvgIpc) is 3.88. The molecule has 2 saturated carbocycles. The fraction of sp³-hybridized carbons (Fsp3) is 0.357. The zero-order chi connectivity index (χ0) is 46.1. The molecule has 63 heavy (non-hydrogen) atoms. The quantitative estimate of drug-likeness (QED) is 0.110. The molecular formula is C42H42Br3Cl4N5O6S3. The van der Waals surface area contributed by atoms with Crippen molar-refractivity contribution in [2.75, 3.05) is 6.54 Å². The predicted octanol–water partition coefficient (Wildman–Crippen LogP) is 13.2. The molecule has 8 rings (SSSR count). The third-order valence-corrected chi connectivity index (χ3v) is 19.1. The molecule has 3 aromatic carbocycles. The Bertz CT molecular complexity index is 3050. The summed E-state index contributed by atoms with van der Waals surface area (Å²) in [7, 11) is -5.67. The number of hydrogen-bond acceptors (Lipinski definition) is 9. The fourth-order valence-corrected chi connectivity index (χ4v) is 14.2. The number of benzene rings is 3. The summed E-state index contributed by atoms with van der Waals surface area (Å²) in [6.07, 6.45) is 13.4. The third-order valence-electron chi connectivity index (χ3n) is 11.3. The Morgan fingerprint density at radius 1 is 0.603 bits per heavy atom. The van der Waals surface area contributed by atoms with E-state index in [0.717, 1.165) is 87.4 Å². The highest BCUT2D eigenvalue weighted by atomic mass is 79.9. The summed E-state index contributed by atoms with van der Waals surface area (Å²) >= 11 is 28.3.